The lowest BCUT2D eigenvalue weighted by Gasteiger charge is -2.40. The summed E-state index contributed by atoms with van der Waals surface area (Å²) in [7, 11) is 0. The summed E-state index contributed by atoms with van der Waals surface area (Å²) in [6.45, 7) is 14.9. The van der Waals surface area contributed by atoms with Gasteiger partial charge in [-0.2, -0.15) is 0 Å². The number of nitrogens with zero attached hydrogens (tertiary/aromatic N) is 3. The zero-order valence-electron chi connectivity index (χ0n) is 14.7. The fourth-order valence-corrected chi connectivity index (χ4v) is 2.98. The van der Waals surface area contributed by atoms with Crippen LogP contribution in [0.15, 0.2) is 10.6 Å². The Kier molecular flexibility index (Phi) is 5.64. The molecule has 2 unspecified atom stereocenters. The van der Waals surface area contributed by atoms with E-state index < -0.39 is 0 Å². The van der Waals surface area contributed by atoms with Gasteiger partial charge in [0.05, 0.1) is 18.8 Å². The van der Waals surface area contributed by atoms with Crippen molar-refractivity contribution in [1.82, 2.24) is 14.8 Å². The van der Waals surface area contributed by atoms with E-state index in [1.165, 1.54) is 0 Å². The van der Waals surface area contributed by atoms with Gasteiger partial charge in [0.15, 0.2) is 0 Å². The Morgan fingerprint density at radius 2 is 1.82 bits per heavy atom. The Balaban J connectivity index is 1.95. The summed E-state index contributed by atoms with van der Waals surface area (Å²) in [6.07, 6.45) is 2.86. The maximum atomic E-state index is 9.43. The molecule has 1 aromatic heterocycles. The van der Waals surface area contributed by atoms with Crippen LogP contribution in [0.25, 0.3) is 0 Å². The van der Waals surface area contributed by atoms with Crippen molar-refractivity contribution in [3.05, 3.63) is 17.8 Å². The highest BCUT2D eigenvalue weighted by atomic mass is 16.4. The summed E-state index contributed by atoms with van der Waals surface area (Å²) < 4.78 is 5.97. The quantitative estimate of drug-likeness (QED) is 0.905. The van der Waals surface area contributed by atoms with E-state index in [-0.39, 0.29) is 18.1 Å². The lowest BCUT2D eigenvalue weighted by atomic mass is 9.94. The highest BCUT2D eigenvalue weighted by Crippen LogP contribution is 2.27. The second-order valence-corrected chi connectivity index (χ2v) is 7.31. The van der Waals surface area contributed by atoms with Crippen molar-refractivity contribution < 1.29 is 9.52 Å². The van der Waals surface area contributed by atoms with E-state index in [0.29, 0.717) is 6.04 Å². The molecule has 2 heterocycles. The fourth-order valence-electron chi connectivity index (χ4n) is 2.98. The van der Waals surface area contributed by atoms with Crippen molar-refractivity contribution >= 4 is 0 Å². The third-order valence-electron chi connectivity index (χ3n) is 4.72. The maximum Gasteiger partial charge on any atom is 0.211 e. The zero-order valence-corrected chi connectivity index (χ0v) is 14.7. The number of rotatable bonds is 5. The molecule has 5 nitrogen and oxygen atoms in total. The first kappa shape index (κ1) is 17.4. The van der Waals surface area contributed by atoms with E-state index in [1.54, 1.807) is 0 Å². The van der Waals surface area contributed by atoms with E-state index in [0.717, 1.165) is 44.3 Å². The van der Waals surface area contributed by atoms with Crippen LogP contribution in [-0.4, -0.2) is 58.7 Å². The van der Waals surface area contributed by atoms with Gasteiger partial charge in [-0.05, 0) is 13.3 Å². The van der Waals surface area contributed by atoms with E-state index >= 15 is 0 Å². The number of oxazole rings is 1. The summed E-state index contributed by atoms with van der Waals surface area (Å²) in [6, 6.07) is 0.499. The number of hydrogen-bond acceptors (Lipinski definition) is 5. The minimum absolute atomic E-state index is 0.000853. The van der Waals surface area contributed by atoms with Crippen LogP contribution in [0.5, 0.6) is 0 Å². The third kappa shape index (κ3) is 3.89. The van der Waals surface area contributed by atoms with Crippen LogP contribution in [0.4, 0.5) is 0 Å². The van der Waals surface area contributed by atoms with Gasteiger partial charge in [-0.25, -0.2) is 4.98 Å². The standard InChI is InChI=1S/C17H31N3O2/c1-6-14(12-21)20-9-7-19(8-10-20)13(2)16-18-11-15(22-16)17(3,4)5/h11,13-14,21H,6-10,12H2,1-5H3. The second kappa shape index (κ2) is 7.11. The Morgan fingerprint density at radius 3 is 2.27 bits per heavy atom. The highest BCUT2D eigenvalue weighted by molar-refractivity contribution is 5.07. The molecule has 126 valence electrons. The largest absolute Gasteiger partial charge is 0.443 e. The molecule has 0 aliphatic carbocycles. The lowest BCUT2D eigenvalue weighted by Crippen LogP contribution is -2.51. The van der Waals surface area contributed by atoms with Gasteiger partial charge in [-0.15, -0.1) is 0 Å². The number of aromatic nitrogens is 1. The molecule has 0 aromatic carbocycles. The molecular weight excluding hydrogens is 278 g/mol. The summed E-state index contributed by atoms with van der Waals surface area (Å²) in [5, 5.41) is 9.43. The van der Waals surface area contributed by atoms with Gasteiger partial charge in [0, 0.05) is 37.6 Å². The lowest BCUT2D eigenvalue weighted by molar-refractivity contribution is 0.0430. The van der Waals surface area contributed by atoms with Crippen molar-refractivity contribution in [3.8, 4) is 0 Å². The van der Waals surface area contributed by atoms with Gasteiger partial charge in [0.25, 0.3) is 0 Å². The predicted octanol–water partition coefficient (Wildman–Crippen LogP) is 2.42. The third-order valence-corrected chi connectivity index (χ3v) is 4.72. The topological polar surface area (TPSA) is 52.7 Å². The minimum Gasteiger partial charge on any atom is -0.443 e. The number of hydrogen-bond donors (Lipinski definition) is 1. The van der Waals surface area contributed by atoms with Crippen LogP contribution < -0.4 is 0 Å². The first-order chi connectivity index (χ1) is 10.4. The van der Waals surface area contributed by atoms with Crippen molar-refractivity contribution in [3.63, 3.8) is 0 Å². The molecule has 0 saturated carbocycles. The first-order valence-electron chi connectivity index (χ1n) is 8.42. The number of aliphatic hydroxyl groups excluding tert-OH is 1. The van der Waals surface area contributed by atoms with Crippen LogP contribution in [0.3, 0.4) is 0 Å². The molecule has 1 fully saturated rings. The first-order valence-corrected chi connectivity index (χ1v) is 8.42. The van der Waals surface area contributed by atoms with E-state index in [9.17, 15) is 5.11 Å². The van der Waals surface area contributed by atoms with Crippen LogP contribution >= 0.6 is 0 Å². The van der Waals surface area contributed by atoms with Gasteiger partial charge < -0.3 is 9.52 Å². The molecule has 0 amide bonds. The van der Waals surface area contributed by atoms with Crippen LogP contribution in [-0.2, 0) is 5.41 Å². The molecule has 1 N–H and O–H groups in total. The summed E-state index contributed by atoms with van der Waals surface area (Å²) in [5.41, 5.74) is -0.000853. The molecule has 0 bridgehead atoms. The molecule has 1 aromatic rings. The van der Waals surface area contributed by atoms with Gasteiger partial charge in [-0.1, -0.05) is 27.7 Å². The average molecular weight is 309 g/mol. The van der Waals surface area contributed by atoms with E-state index in [4.69, 9.17) is 4.42 Å². The normalized spacial score (nSPS) is 21.0. The number of piperazine rings is 1. The van der Waals surface area contributed by atoms with Crippen molar-refractivity contribution in [2.45, 2.75) is 58.5 Å². The average Bonchev–Trinajstić information content (AvgIpc) is 2.98. The molecule has 1 aliphatic rings. The molecular formula is C17H31N3O2. The smallest absolute Gasteiger partial charge is 0.211 e. The molecule has 0 radical (unpaired) electrons. The van der Waals surface area contributed by atoms with Gasteiger partial charge in [-0.3, -0.25) is 9.80 Å². The van der Waals surface area contributed by atoms with Gasteiger partial charge >= 0.3 is 0 Å². The van der Waals surface area contributed by atoms with Crippen LogP contribution in [0, 0.1) is 0 Å². The van der Waals surface area contributed by atoms with Gasteiger partial charge in [0.1, 0.15) is 5.76 Å². The van der Waals surface area contributed by atoms with Crippen molar-refractivity contribution in [2.24, 2.45) is 0 Å². The molecule has 5 heteroatoms. The minimum atomic E-state index is -0.000853. The molecule has 1 aliphatic heterocycles. The SMILES string of the molecule is CCC(CO)N1CCN(C(C)c2ncc(C(C)(C)C)o2)CC1. The Labute approximate surface area is 134 Å². The number of aliphatic hydroxyl groups is 1. The van der Waals surface area contributed by atoms with Crippen LogP contribution in [0.2, 0.25) is 0 Å². The summed E-state index contributed by atoms with van der Waals surface area (Å²) in [5.74, 6) is 1.76. The molecule has 0 spiro atoms. The fraction of sp³-hybridized carbons (Fsp3) is 0.824. The Morgan fingerprint density at radius 1 is 1.23 bits per heavy atom. The van der Waals surface area contributed by atoms with E-state index in [1.807, 2.05) is 6.20 Å². The van der Waals surface area contributed by atoms with Crippen molar-refractivity contribution in [2.75, 3.05) is 32.8 Å². The zero-order chi connectivity index (χ0) is 16.3. The summed E-state index contributed by atoms with van der Waals surface area (Å²) >= 11 is 0. The van der Waals surface area contributed by atoms with Crippen LogP contribution in [0.1, 0.15) is 58.7 Å². The van der Waals surface area contributed by atoms with Crippen molar-refractivity contribution in [1.29, 1.82) is 0 Å². The molecule has 22 heavy (non-hydrogen) atoms. The Hall–Kier alpha value is -0.910. The monoisotopic (exact) mass is 309 g/mol. The van der Waals surface area contributed by atoms with Gasteiger partial charge in [0.2, 0.25) is 5.89 Å². The highest BCUT2D eigenvalue weighted by Gasteiger charge is 2.28. The second-order valence-electron chi connectivity index (χ2n) is 7.31. The Bertz CT molecular complexity index is 455. The predicted molar refractivity (Wildman–Crippen MR) is 87.9 cm³/mol. The molecule has 2 rings (SSSR count). The summed E-state index contributed by atoms with van der Waals surface area (Å²) in [4.78, 5) is 9.29. The molecule has 1 saturated heterocycles. The maximum absolute atomic E-state index is 9.43. The van der Waals surface area contributed by atoms with E-state index in [2.05, 4.69) is 49.4 Å². The molecule has 2 atom stereocenters.